The molecular weight excluding hydrogens is 256 g/mol. The Bertz CT molecular complexity index is 537. The van der Waals surface area contributed by atoms with E-state index in [0.29, 0.717) is 6.04 Å². The molecule has 1 N–H and O–H groups in total. The van der Waals surface area contributed by atoms with Crippen molar-refractivity contribution in [3.8, 4) is 0 Å². The quantitative estimate of drug-likeness (QED) is 0.660. The fraction of sp³-hybridized carbons (Fsp3) is 0.643. The van der Waals surface area contributed by atoms with E-state index in [4.69, 9.17) is 0 Å². The van der Waals surface area contributed by atoms with E-state index in [2.05, 4.69) is 36.0 Å². The van der Waals surface area contributed by atoms with Gasteiger partial charge in [0.25, 0.3) is 0 Å². The zero-order chi connectivity index (χ0) is 14.5. The zero-order valence-corrected chi connectivity index (χ0v) is 12.1. The van der Waals surface area contributed by atoms with Crippen molar-refractivity contribution >= 4 is 11.5 Å². The van der Waals surface area contributed by atoms with Crippen molar-refractivity contribution in [2.24, 2.45) is 5.41 Å². The first-order valence-corrected chi connectivity index (χ1v) is 6.95. The lowest BCUT2D eigenvalue weighted by atomic mass is 9.74. The second-order valence-electron chi connectivity index (χ2n) is 6.83. The van der Waals surface area contributed by atoms with Crippen molar-refractivity contribution < 1.29 is 4.92 Å². The summed E-state index contributed by atoms with van der Waals surface area (Å²) in [5.41, 5.74) is 1.29. The Morgan fingerprint density at radius 1 is 1.50 bits per heavy atom. The van der Waals surface area contributed by atoms with Gasteiger partial charge in [0.15, 0.2) is 6.20 Å². The fourth-order valence-electron chi connectivity index (χ4n) is 3.39. The van der Waals surface area contributed by atoms with Gasteiger partial charge < -0.3 is 20.3 Å². The third-order valence-corrected chi connectivity index (χ3v) is 4.83. The molecule has 0 amide bonds. The van der Waals surface area contributed by atoms with E-state index >= 15 is 0 Å². The topological polar surface area (TPSA) is 71.3 Å². The Labute approximate surface area is 118 Å². The molecular formula is C14H20N4O2. The van der Waals surface area contributed by atoms with Crippen molar-refractivity contribution in [2.45, 2.75) is 38.8 Å². The van der Waals surface area contributed by atoms with Crippen LogP contribution >= 0.6 is 0 Å². The average molecular weight is 276 g/mol. The molecule has 0 radical (unpaired) electrons. The summed E-state index contributed by atoms with van der Waals surface area (Å²) in [7, 11) is 0. The van der Waals surface area contributed by atoms with Crippen LogP contribution in [-0.2, 0) is 0 Å². The molecule has 1 aromatic rings. The number of anilines is 1. The van der Waals surface area contributed by atoms with E-state index < -0.39 is 4.92 Å². The van der Waals surface area contributed by atoms with Crippen LogP contribution in [0.3, 0.4) is 0 Å². The van der Waals surface area contributed by atoms with Gasteiger partial charge in [-0.25, -0.2) is 0 Å². The molecule has 3 rings (SSSR count). The summed E-state index contributed by atoms with van der Waals surface area (Å²) in [5, 5.41) is 14.3. The van der Waals surface area contributed by atoms with Gasteiger partial charge in [0.05, 0.1) is 5.69 Å². The van der Waals surface area contributed by atoms with Crippen molar-refractivity contribution in [1.82, 2.24) is 10.3 Å². The molecule has 6 nitrogen and oxygen atoms in total. The summed E-state index contributed by atoms with van der Waals surface area (Å²) >= 11 is 0. The molecule has 0 saturated carbocycles. The highest BCUT2D eigenvalue weighted by Crippen LogP contribution is 2.45. The average Bonchev–Trinajstić information content (AvgIpc) is 2.97. The van der Waals surface area contributed by atoms with E-state index in [9.17, 15) is 10.1 Å². The maximum absolute atomic E-state index is 10.7. The minimum absolute atomic E-state index is 0.0956. The summed E-state index contributed by atoms with van der Waals surface area (Å²) in [5.74, 6) is -0.0956. The Morgan fingerprint density at radius 2 is 2.25 bits per heavy atom. The molecule has 2 aliphatic heterocycles. The monoisotopic (exact) mass is 276 g/mol. The molecule has 0 spiro atoms. The molecule has 0 aromatic carbocycles. The van der Waals surface area contributed by atoms with Crippen LogP contribution in [0.15, 0.2) is 18.3 Å². The number of aromatic nitrogens is 1. The third kappa shape index (κ3) is 1.86. The predicted octanol–water partition coefficient (Wildman–Crippen LogP) is 1.96. The van der Waals surface area contributed by atoms with Crippen LogP contribution in [0.5, 0.6) is 0 Å². The van der Waals surface area contributed by atoms with E-state index in [1.54, 1.807) is 6.20 Å². The number of nitrogens with one attached hydrogen (secondary N) is 1. The molecule has 6 heteroatoms. The smallest absolute Gasteiger partial charge is 0.362 e. The molecule has 2 bridgehead atoms. The SMILES string of the molecule is CC(C)(C)C12C[C@H](CN1)N(c1ccc([N+](=O)[O-])nc1)C2. The lowest BCUT2D eigenvalue weighted by Gasteiger charge is -2.43. The number of nitrogens with zero attached hydrogens (tertiary/aromatic N) is 3. The number of hydrogen-bond donors (Lipinski definition) is 1. The molecule has 2 saturated heterocycles. The Hall–Kier alpha value is -1.69. The van der Waals surface area contributed by atoms with E-state index in [1.807, 2.05) is 6.07 Å². The van der Waals surface area contributed by atoms with Gasteiger partial charge in [0.1, 0.15) is 0 Å². The van der Waals surface area contributed by atoms with E-state index in [1.165, 1.54) is 6.07 Å². The lowest BCUT2D eigenvalue weighted by Crippen LogP contribution is -2.58. The lowest BCUT2D eigenvalue weighted by molar-refractivity contribution is -0.389. The normalized spacial score (nSPS) is 28.9. The first kappa shape index (κ1) is 13.3. The number of piperazine rings is 1. The predicted molar refractivity (Wildman–Crippen MR) is 76.8 cm³/mol. The van der Waals surface area contributed by atoms with Gasteiger partial charge in [-0.05, 0) is 27.8 Å². The van der Waals surface area contributed by atoms with Crippen molar-refractivity contribution in [3.05, 3.63) is 28.4 Å². The Morgan fingerprint density at radius 3 is 2.75 bits per heavy atom. The minimum Gasteiger partial charge on any atom is -0.362 e. The summed E-state index contributed by atoms with van der Waals surface area (Å²) in [4.78, 5) is 16.5. The largest absolute Gasteiger partial charge is 0.363 e. The molecule has 20 heavy (non-hydrogen) atoms. The number of hydrogen-bond acceptors (Lipinski definition) is 5. The summed E-state index contributed by atoms with van der Waals surface area (Å²) in [6.45, 7) is 8.69. The van der Waals surface area contributed by atoms with Crippen LogP contribution in [0.4, 0.5) is 11.5 Å². The molecule has 3 heterocycles. The molecule has 2 atom stereocenters. The first-order chi connectivity index (χ1) is 9.32. The Balaban J connectivity index is 1.85. The van der Waals surface area contributed by atoms with Gasteiger partial charge in [0, 0.05) is 30.7 Å². The molecule has 1 unspecified atom stereocenters. The van der Waals surface area contributed by atoms with Gasteiger partial charge in [-0.2, -0.15) is 0 Å². The van der Waals surface area contributed by atoms with Crippen LogP contribution in [0.2, 0.25) is 0 Å². The van der Waals surface area contributed by atoms with E-state index in [-0.39, 0.29) is 16.8 Å². The van der Waals surface area contributed by atoms with Gasteiger partial charge in [-0.15, -0.1) is 0 Å². The summed E-state index contributed by atoms with van der Waals surface area (Å²) < 4.78 is 0. The highest BCUT2D eigenvalue weighted by atomic mass is 16.6. The van der Waals surface area contributed by atoms with Gasteiger partial charge in [0.2, 0.25) is 0 Å². The second-order valence-corrected chi connectivity index (χ2v) is 6.83. The first-order valence-electron chi connectivity index (χ1n) is 6.95. The maximum atomic E-state index is 10.7. The van der Waals surface area contributed by atoms with Gasteiger partial charge >= 0.3 is 5.82 Å². The molecule has 2 aliphatic rings. The Kier molecular flexibility index (Phi) is 2.76. The van der Waals surface area contributed by atoms with Crippen LogP contribution in [0.1, 0.15) is 27.2 Å². The van der Waals surface area contributed by atoms with Crippen LogP contribution < -0.4 is 10.2 Å². The minimum atomic E-state index is -0.460. The fourth-order valence-corrected chi connectivity index (χ4v) is 3.39. The second kappa shape index (κ2) is 4.15. The number of pyridine rings is 1. The molecule has 0 aliphatic carbocycles. The number of nitro groups is 1. The standard InChI is InChI=1S/C14H20N4O2/c1-13(2,3)14-6-11(8-16-14)17(9-14)10-4-5-12(15-7-10)18(19)20/h4-5,7,11,16H,6,8-9H2,1-3H3/t11-,14?/m1/s1. The van der Waals surface area contributed by atoms with Gasteiger partial charge in [-0.1, -0.05) is 20.8 Å². The van der Waals surface area contributed by atoms with Crippen molar-refractivity contribution in [3.63, 3.8) is 0 Å². The molecule has 108 valence electrons. The zero-order valence-electron chi connectivity index (χ0n) is 12.1. The van der Waals surface area contributed by atoms with Crippen molar-refractivity contribution in [1.29, 1.82) is 0 Å². The van der Waals surface area contributed by atoms with Crippen molar-refractivity contribution in [2.75, 3.05) is 18.0 Å². The van der Waals surface area contributed by atoms with Crippen LogP contribution in [-0.4, -0.2) is 34.6 Å². The highest BCUT2D eigenvalue weighted by molar-refractivity contribution is 5.51. The molecule has 1 aromatic heterocycles. The van der Waals surface area contributed by atoms with Crippen LogP contribution in [0.25, 0.3) is 0 Å². The molecule has 2 fully saturated rings. The number of rotatable bonds is 2. The number of fused-ring (bicyclic) bond motifs is 2. The van der Waals surface area contributed by atoms with Crippen LogP contribution in [0, 0.1) is 15.5 Å². The van der Waals surface area contributed by atoms with E-state index in [0.717, 1.165) is 25.2 Å². The highest BCUT2D eigenvalue weighted by Gasteiger charge is 2.55. The van der Waals surface area contributed by atoms with Gasteiger partial charge in [-0.3, -0.25) is 0 Å². The maximum Gasteiger partial charge on any atom is 0.363 e. The summed E-state index contributed by atoms with van der Waals surface area (Å²) in [6.07, 6.45) is 2.74. The summed E-state index contributed by atoms with van der Waals surface area (Å²) in [6, 6.07) is 3.75. The third-order valence-electron chi connectivity index (χ3n) is 4.83.